The van der Waals surface area contributed by atoms with Crippen LogP contribution < -0.4 is 0 Å². The third-order valence-corrected chi connectivity index (χ3v) is 1.01. The van der Waals surface area contributed by atoms with E-state index in [-0.39, 0.29) is 0 Å². The van der Waals surface area contributed by atoms with Crippen molar-refractivity contribution in [1.82, 2.24) is 0 Å². The summed E-state index contributed by atoms with van der Waals surface area (Å²) in [6, 6.07) is 0. The lowest BCUT2D eigenvalue weighted by molar-refractivity contribution is 0.100. The molecule has 40 valence electrons. The Morgan fingerprint density at radius 1 is 1.86 bits per heavy atom. The third kappa shape index (κ3) is 0.683. The highest BCUT2D eigenvalue weighted by atomic mass is 16.5. The van der Waals surface area contributed by atoms with E-state index in [9.17, 15) is 0 Å². The summed E-state index contributed by atoms with van der Waals surface area (Å²) in [4.78, 5) is 0. The fourth-order valence-corrected chi connectivity index (χ4v) is 0.489. The Hall–Kier alpha value is -0.660. The largest absolute Gasteiger partial charge is 0.509 e. The standard InChI is InChI=1S/C5H8O2/c1-4(6)5-2-3-7-5/h6H,2-3H2,1H3/b5-4+. The van der Waals surface area contributed by atoms with E-state index in [4.69, 9.17) is 9.84 Å². The molecule has 0 aromatic carbocycles. The molecule has 1 saturated heterocycles. The Labute approximate surface area is 42.4 Å². The van der Waals surface area contributed by atoms with Gasteiger partial charge in [0.1, 0.15) is 11.5 Å². The van der Waals surface area contributed by atoms with E-state index in [1.165, 1.54) is 0 Å². The van der Waals surface area contributed by atoms with Crippen LogP contribution in [-0.4, -0.2) is 11.7 Å². The molecule has 0 amide bonds. The van der Waals surface area contributed by atoms with Crippen molar-refractivity contribution < 1.29 is 9.84 Å². The van der Waals surface area contributed by atoms with Crippen molar-refractivity contribution in [3.8, 4) is 0 Å². The lowest BCUT2D eigenvalue weighted by Gasteiger charge is -2.18. The quantitative estimate of drug-likeness (QED) is 0.463. The number of hydrogen-bond donors (Lipinski definition) is 1. The molecule has 0 aliphatic carbocycles. The van der Waals surface area contributed by atoms with Crippen molar-refractivity contribution in [2.24, 2.45) is 0 Å². The molecule has 0 aromatic rings. The molecule has 1 fully saturated rings. The highest BCUT2D eigenvalue weighted by molar-refractivity contribution is 5.01. The van der Waals surface area contributed by atoms with Crippen LogP contribution in [0.15, 0.2) is 11.5 Å². The van der Waals surface area contributed by atoms with Crippen LogP contribution in [0.25, 0.3) is 0 Å². The number of rotatable bonds is 0. The molecule has 0 atom stereocenters. The molecule has 0 aromatic heterocycles. The van der Waals surface area contributed by atoms with Gasteiger partial charge < -0.3 is 9.84 Å². The number of hydrogen-bond acceptors (Lipinski definition) is 2. The van der Waals surface area contributed by atoms with Crippen LogP contribution in [0.2, 0.25) is 0 Å². The summed E-state index contributed by atoms with van der Waals surface area (Å²) in [6.45, 7) is 2.40. The van der Waals surface area contributed by atoms with Crippen LogP contribution in [0.5, 0.6) is 0 Å². The zero-order valence-corrected chi connectivity index (χ0v) is 4.27. The first-order valence-corrected chi connectivity index (χ1v) is 2.32. The summed E-state index contributed by atoms with van der Waals surface area (Å²) < 4.78 is 4.82. The summed E-state index contributed by atoms with van der Waals surface area (Å²) in [5, 5.41) is 8.63. The van der Waals surface area contributed by atoms with E-state index in [1.807, 2.05) is 0 Å². The molecule has 0 saturated carbocycles. The number of allylic oxidation sites excluding steroid dienone is 1. The first-order valence-electron chi connectivity index (χ1n) is 2.32. The zero-order valence-electron chi connectivity index (χ0n) is 4.27. The molecule has 1 aliphatic rings. The van der Waals surface area contributed by atoms with Gasteiger partial charge in [-0.05, 0) is 6.92 Å². The fraction of sp³-hybridized carbons (Fsp3) is 0.600. The van der Waals surface area contributed by atoms with E-state index in [2.05, 4.69) is 0 Å². The predicted octanol–water partition coefficient (Wildman–Crippen LogP) is 1.20. The van der Waals surface area contributed by atoms with Crippen LogP contribution in [-0.2, 0) is 4.74 Å². The SMILES string of the molecule is C/C(O)=C1/CCO1. The molecule has 0 radical (unpaired) electrons. The molecule has 2 nitrogen and oxygen atoms in total. The van der Waals surface area contributed by atoms with Crippen LogP contribution >= 0.6 is 0 Å². The predicted molar refractivity (Wildman–Crippen MR) is 25.9 cm³/mol. The maximum Gasteiger partial charge on any atom is 0.136 e. The van der Waals surface area contributed by atoms with E-state index in [0.717, 1.165) is 18.8 Å². The summed E-state index contributed by atoms with van der Waals surface area (Å²) in [7, 11) is 0. The third-order valence-electron chi connectivity index (χ3n) is 1.01. The number of ether oxygens (including phenoxy) is 1. The minimum Gasteiger partial charge on any atom is -0.509 e. The Morgan fingerprint density at radius 3 is 2.43 bits per heavy atom. The lowest BCUT2D eigenvalue weighted by Crippen LogP contribution is -2.10. The Balaban J connectivity index is 2.52. The van der Waals surface area contributed by atoms with E-state index >= 15 is 0 Å². The molecule has 1 aliphatic heterocycles. The van der Waals surface area contributed by atoms with Crippen molar-refractivity contribution in [1.29, 1.82) is 0 Å². The van der Waals surface area contributed by atoms with Gasteiger partial charge in [-0.1, -0.05) is 0 Å². The highest BCUT2D eigenvalue weighted by Crippen LogP contribution is 2.17. The maximum atomic E-state index is 8.63. The second-order valence-corrected chi connectivity index (χ2v) is 1.61. The zero-order chi connectivity index (χ0) is 5.28. The smallest absolute Gasteiger partial charge is 0.136 e. The molecule has 0 spiro atoms. The van der Waals surface area contributed by atoms with Gasteiger partial charge in [0.15, 0.2) is 0 Å². The van der Waals surface area contributed by atoms with Crippen molar-refractivity contribution >= 4 is 0 Å². The summed E-state index contributed by atoms with van der Waals surface area (Å²) in [5.74, 6) is 1.08. The fourth-order valence-electron chi connectivity index (χ4n) is 0.489. The summed E-state index contributed by atoms with van der Waals surface area (Å²) >= 11 is 0. The molecule has 0 bridgehead atoms. The number of aliphatic hydroxyl groups excluding tert-OH is 1. The molecule has 1 heterocycles. The second-order valence-electron chi connectivity index (χ2n) is 1.61. The van der Waals surface area contributed by atoms with Crippen molar-refractivity contribution in [2.45, 2.75) is 13.3 Å². The molecule has 0 unspecified atom stereocenters. The van der Waals surface area contributed by atoms with Gasteiger partial charge in [0.05, 0.1) is 6.61 Å². The van der Waals surface area contributed by atoms with Gasteiger partial charge in [-0.3, -0.25) is 0 Å². The lowest BCUT2D eigenvalue weighted by atomic mass is 10.2. The molecule has 7 heavy (non-hydrogen) atoms. The van der Waals surface area contributed by atoms with Crippen LogP contribution in [0.1, 0.15) is 13.3 Å². The Bertz CT molecular complexity index is 94.6. The highest BCUT2D eigenvalue weighted by Gasteiger charge is 2.11. The first kappa shape index (κ1) is 4.50. The minimum atomic E-state index is 0.325. The normalized spacial score (nSPS) is 25.3. The van der Waals surface area contributed by atoms with Gasteiger partial charge >= 0.3 is 0 Å². The average Bonchev–Trinajstić information content (AvgIpc) is 1.23. The van der Waals surface area contributed by atoms with Gasteiger partial charge in [-0.2, -0.15) is 0 Å². The monoisotopic (exact) mass is 100 g/mol. The van der Waals surface area contributed by atoms with Crippen LogP contribution in [0.4, 0.5) is 0 Å². The van der Waals surface area contributed by atoms with Gasteiger partial charge in [0, 0.05) is 6.42 Å². The average molecular weight is 100 g/mol. The number of aliphatic hydroxyl groups is 1. The summed E-state index contributed by atoms with van der Waals surface area (Å²) in [6.07, 6.45) is 0.905. The molecule has 2 heteroatoms. The van der Waals surface area contributed by atoms with E-state index < -0.39 is 0 Å². The van der Waals surface area contributed by atoms with E-state index in [0.29, 0.717) is 5.76 Å². The minimum absolute atomic E-state index is 0.325. The Morgan fingerprint density at radius 2 is 2.43 bits per heavy atom. The van der Waals surface area contributed by atoms with Crippen LogP contribution in [0.3, 0.4) is 0 Å². The van der Waals surface area contributed by atoms with Crippen molar-refractivity contribution in [3.05, 3.63) is 11.5 Å². The molecular weight excluding hydrogens is 92.1 g/mol. The van der Waals surface area contributed by atoms with Crippen molar-refractivity contribution in [3.63, 3.8) is 0 Å². The molecular formula is C5H8O2. The Kier molecular flexibility index (Phi) is 0.929. The molecule has 1 rings (SSSR count). The van der Waals surface area contributed by atoms with Crippen molar-refractivity contribution in [2.75, 3.05) is 6.61 Å². The van der Waals surface area contributed by atoms with Gasteiger partial charge in [-0.15, -0.1) is 0 Å². The van der Waals surface area contributed by atoms with E-state index in [1.54, 1.807) is 6.92 Å². The molecule has 1 N–H and O–H groups in total. The summed E-state index contributed by atoms with van der Waals surface area (Å²) in [5.41, 5.74) is 0. The van der Waals surface area contributed by atoms with Gasteiger partial charge in [0.2, 0.25) is 0 Å². The van der Waals surface area contributed by atoms with Crippen LogP contribution in [0, 0.1) is 0 Å². The first-order chi connectivity index (χ1) is 3.30. The topological polar surface area (TPSA) is 29.5 Å². The van der Waals surface area contributed by atoms with Gasteiger partial charge in [-0.25, -0.2) is 0 Å². The maximum absolute atomic E-state index is 8.63. The van der Waals surface area contributed by atoms with Gasteiger partial charge in [0.25, 0.3) is 0 Å². The second kappa shape index (κ2) is 1.45.